The molecule has 2 N–H and O–H groups in total. The van der Waals surface area contributed by atoms with Gasteiger partial charge in [-0.05, 0) is 26.8 Å². The third kappa shape index (κ3) is 4.89. The predicted octanol–water partition coefficient (Wildman–Crippen LogP) is 3.85. The summed E-state index contributed by atoms with van der Waals surface area (Å²) in [6, 6.07) is 8.13. The Morgan fingerprint density at radius 2 is 1.90 bits per heavy atom. The number of hydrogen-bond acceptors (Lipinski definition) is 6. The average Bonchev–Trinajstić information content (AvgIpc) is 3.17. The van der Waals surface area contributed by atoms with Crippen LogP contribution in [0.2, 0.25) is 0 Å². The molecule has 2 aromatic rings. The van der Waals surface area contributed by atoms with E-state index in [9.17, 15) is 18.3 Å². The standard InChI is InChI=1S/C21H23NO6S/c1-21(2,3)28-19(23)13-27-18-12-17(15-10-6-7-11-16(15)20(18)24)22-29(25,26)14-8-4-5-9-14/h4-8,10-12,22,24H,9,13H2,1-3H3. The SMILES string of the molecule is CC(C)(C)OC(=O)COc1cc(NS(=O)(=O)C2=CC=CC2)c2ccccc2c1O. The van der Waals surface area contributed by atoms with Crippen LogP contribution in [0.25, 0.3) is 10.8 Å². The molecule has 0 radical (unpaired) electrons. The van der Waals surface area contributed by atoms with Gasteiger partial charge in [0, 0.05) is 23.3 Å². The van der Waals surface area contributed by atoms with Crippen molar-refractivity contribution in [3.8, 4) is 11.5 Å². The maximum atomic E-state index is 12.7. The Kier molecular flexibility index (Phi) is 5.57. The number of sulfonamides is 1. The highest BCUT2D eigenvalue weighted by Crippen LogP contribution is 2.40. The van der Waals surface area contributed by atoms with Crippen LogP contribution in [0.4, 0.5) is 5.69 Å². The first kappa shape index (κ1) is 20.7. The highest BCUT2D eigenvalue weighted by atomic mass is 32.2. The van der Waals surface area contributed by atoms with Crippen LogP contribution in [0.1, 0.15) is 27.2 Å². The molecular weight excluding hydrogens is 394 g/mol. The molecule has 0 atom stereocenters. The van der Waals surface area contributed by atoms with E-state index in [-0.39, 0.29) is 22.1 Å². The fraction of sp³-hybridized carbons (Fsp3) is 0.286. The van der Waals surface area contributed by atoms with Crippen LogP contribution in [-0.2, 0) is 19.6 Å². The lowest BCUT2D eigenvalue weighted by Crippen LogP contribution is -2.27. The van der Waals surface area contributed by atoms with E-state index in [0.717, 1.165) is 0 Å². The normalized spacial score (nSPS) is 14.0. The minimum atomic E-state index is -3.77. The maximum absolute atomic E-state index is 12.7. The molecule has 0 aliphatic heterocycles. The van der Waals surface area contributed by atoms with E-state index in [0.29, 0.717) is 17.2 Å². The van der Waals surface area contributed by atoms with Gasteiger partial charge in [0.25, 0.3) is 10.0 Å². The summed E-state index contributed by atoms with van der Waals surface area (Å²) in [6.07, 6.45) is 5.27. The van der Waals surface area contributed by atoms with Gasteiger partial charge in [-0.15, -0.1) is 0 Å². The molecule has 0 saturated heterocycles. The van der Waals surface area contributed by atoms with Crippen molar-refractivity contribution in [3.63, 3.8) is 0 Å². The summed E-state index contributed by atoms with van der Waals surface area (Å²) in [4.78, 5) is 12.2. The number of ether oxygens (including phenoxy) is 2. The summed E-state index contributed by atoms with van der Waals surface area (Å²) in [6.45, 7) is 4.78. The zero-order valence-electron chi connectivity index (χ0n) is 16.4. The van der Waals surface area contributed by atoms with E-state index in [2.05, 4.69) is 4.72 Å². The van der Waals surface area contributed by atoms with Crippen LogP contribution in [0.3, 0.4) is 0 Å². The molecule has 0 amide bonds. The Labute approximate surface area is 169 Å². The van der Waals surface area contributed by atoms with Gasteiger partial charge < -0.3 is 14.6 Å². The van der Waals surface area contributed by atoms with E-state index < -0.39 is 28.2 Å². The minimum Gasteiger partial charge on any atom is -0.504 e. The Hall–Kier alpha value is -3.00. The fourth-order valence-electron chi connectivity index (χ4n) is 2.87. The quantitative estimate of drug-likeness (QED) is 0.547. The first-order valence-electron chi connectivity index (χ1n) is 9.05. The summed E-state index contributed by atoms with van der Waals surface area (Å²) in [5.41, 5.74) is -0.430. The van der Waals surface area contributed by atoms with Crippen molar-refractivity contribution in [1.82, 2.24) is 0 Å². The van der Waals surface area contributed by atoms with Gasteiger partial charge >= 0.3 is 5.97 Å². The summed E-state index contributed by atoms with van der Waals surface area (Å²) < 4.78 is 38.5. The van der Waals surface area contributed by atoms with Gasteiger partial charge in [0.05, 0.1) is 10.6 Å². The van der Waals surface area contributed by atoms with Gasteiger partial charge in [-0.3, -0.25) is 4.72 Å². The van der Waals surface area contributed by atoms with E-state index in [1.54, 1.807) is 57.2 Å². The van der Waals surface area contributed by atoms with E-state index in [1.807, 2.05) is 0 Å². The Morgan fingerprint density at radius 1 is 1.21 bits per heavy atom. The fourth-order valence-corrected chi connectivity index (χ4v) is 4.04. The summed E-state index contributed by atoms with van der Waals surface area (Å²) in [7, 11) is -3.77. The number of nitrogens with one attached hydrogen (secondary N) is 1. The van der Waals surface area contributed by atoms with Gasteiger partial charge in [0.1, 0.15) is 5.60 Å². The van der Waals surface area contributed by atoms with E-state index in [1.165, 1.54) is 12.1 Å². The van der Waals surface area contributed by atoms with Gasteiger partial charge in [-0.1, -0.05) is 36.4 Å². The molecule has 0 unspecified atom stereocenters. The smallest absolute Gasteiger partial charge is 0.344 e. The van der Waals surface area contributed by atoms with E-state index in [4.69, 9.17) is 9.47 Å². The lowest BCUT2D eigenvalue weighted by Gasteiger charge is -2.20. The molecule has 3 rings (SSSR count). The summed E-state index contributed by atoms with van der Waals surface area (Å²) in [5, 5.41) is 11.5. The number of phenols is 1. The molecule has 154 valence electrons. The second-order valence-corrected chi connectivity index (χ2v) is 9.30. The number of anilines is 1. The van der Waals surface area contributed by atoms with Crippen molar-refractivity contribution in [3.05, 3.63) is 53.5 Å². The Balaban J connectivity index is 1.93. The number of rotatable bonds is 6. The number of hydrogen-bond donors (Lipinski definition) is 2. The van der Waals surface area contributed by atoms with Crippen molar-refractivity contribution in [2.24, 2.45) is 0 Å². The van der Waals surface area contributed by atoms with Crippen LogP contribution in [0.15, 0.2) is 53.5 Å². The number of phenolic OH excluding ortho intramolecular Hbond substituents is 1. The number of carbonyl (C=O) groups is 1. The van der Waals surface area contributed by atoms with E-state index >= 15 is 0 Å². The summed E-state index contributed by atoms with van der Waals surface area (Å²) >= 11 is 0. The molecule has 0 saturated carbocycles. The molecule has 2 aromatic carbocycles. The number of fused-ring (bicyclic) bond motifs is 1. The molecule has 0 spiro atoms. The highest BCUT2D eigenvalue weighted by Gasteiger charge is 2.22. The van der Waals surface area contributed by atoms with Crippen molar-refractivity contribution in [1.29, 1.82) is 0 Å². The number of aromatic hydroxyl groups is 1. The first-order valence-corrected chi connectivity index (χ1v) is 10.5. The van der Waals surface area contributed by atoms with Crippen LogP contribution in [0, 0.1) is 0 Å². The predicted molar refractivity (Wildman–Crippen MR) is 111 cm³/mol. The van der Waals surface area contributed by atoms with Gasteiger partial charge in [0.15, 0.2) is 18.1 Å². The maximum Gasteiger partial charge on any atom is 0.344 e. The van der Waals surface area contributed by atoms with Crippen LogP contribution < -0.4 is 9.46 Å². The van der Waals surface area contributed by atoms with Crippen molar-refractivity contribution in [2.45, 2.75) is 32.8 Å². The molecule has 0 heterocycles. The number of carbonyl (C=O) groups excluding carboxylic acids is 1. The van der Waals surface area contributed by atoms with Crippen molar-refractivity contribution in [2.75, 3.05) is 11.3 Å². The van der Waals surface area contributed by atoms with Gasteiger partial charge in [-0.25, -0.2) is 13.2 Å². The molecule has 0 bridgehead atoms. The molecule has 1 aliphatic carbocycles. The van der Waals surface area contributed by atoms with Crippen molar-refractivity contribution >= 4 is 32.5 Å². The van der Waals surface area contributed by atoms with Gasteiger partial charge in [0.2, 0.25) is 0 Å². The van der Waals surface area contributed by atoms with Crippen molar-refractivity contribution < 1.29 is 27.8 Å². The zero-order valence-corrected chi connectivity index (χ0v) is 17.2. The first-order chi connectivity index (χ1) is 13.6. The molecule has 1 aliphatic rings. The second kappa shape index (κ2) is 7.79. The van der Waals surface area contributed by atoms with Crippen LogP contribution in [-0.4, -0.2) is 31.7 Å². The summed E-state index contributed by atoms with van der Waals surface area (Å²) in [5.74, 6) is -0.811. The molecule has 7 nitrogen and oxygen atoms in total. The molecule has 0 fully saturated rings. The topological polar surface area (TPSA) is 102 Å². The Morgan fingerprint density at radius 3 is 2.52 bits per heavy atom. The number of esters is 1. The lowest BCUT2D eigenvalue weighted by atomic mass is 10.1. The largest absolute Gasteiger partial charge is 0.504 e. The van der Waals surface area contributed by atoms with Crippen LogP contribution in [0.5, 0.6) is 11.5 Å². The van der Waals surface area contributed by atoms with Crippen LogP contribution >= 0.6 is 0 Å². The lowest BCUT2D eigenvalue weighted by molar-refractivity contribution is -0.157. The molecule has 0 aromatic heterocycles. The minimum absolute atomic E-state index is 0.0224. The third-order valence-corrected chi connectivity index (χ3v) is 5.56. The average molecular weight is 417 g/mol. The zero-order chi connectivity index (χ0) is 21.2. The Bertz CT molecular complexity index is 1110. The second-order valence-electron chi connectivity index (χ2n) is 7.56. The number of allylic oxidation sites excluding steroid dienone is 4. The molecular formula is C21H23NO6S. The molecule has 8 heteroatoms. The number of benzene rings is 2. The highest BCUT2D eigenvalue weighted by molar-refractivity contribution is 7.96. The molecule has 29 heavy (non-hydrogen) atoms. The third-order valence-electron chi connectivity index (χ3n) is 4.07. The van der Waals surface area contributed by atoms with Gasteiger partial charge in [-0.2, -0.15) is 0 Å². The monoisotopic (exact) mass is 417 g/mol.